The molecule has 1 heterocycles. The van der Waals surface area contributed by atoms with Crippen LogP contribution in [0.4, 0.5) is 11.4 Å². The Morgan fingerprint density at radius 1 is 1.09 bits per heavy atom. The number of nitrogens with one attached hydrogen (secondary N) is 1. The van der Waals surface area contributed by atoms with Crippen molar-refractivity contribution in [2.24, 2.45) is 0 Å². The fourth-order valence-corrected chi connectivity index (χ4v) is 4.92. The van der Waals surface area contributed by atoms with Gasteiger partial charge in [-0.05, 0) is 85.5 Å². The molecule has 5 nitrogen and oxygen atoms in total. The Labute approximate surface area is 219 Å². The Balaban J connectivity index is 1.38. The minimum atomic E-state index is -0.283. The summed E-state index contributed by atoms with van der Waals surface area (Å²) in [6.45, 7) is 5.74. The summed E-state index contributed by atoms with van der Waals surface area (Å²) in [5, 5.41) is 3.39. The molecule has 3 aromatic carbocycles. The Morgan fingerprint density at radius 3 is 2.54 bits per heavy atom. The van der Waals surface area contributed by atoms with Crippen molar-refractivity contribution in [2.75, 3.05) is 16.8 Å². The first kappa shape index (κ1) is 25.0. The topological polar surface area (TPSA) is 58.6 Å². The zero-order chi connectivity index (χ0) is 25.1. The minimum absolute atomic E-state index is 0.139. The van der Waals surface area contributed by atoms with Gasteiger partial charge < -0.3 is 10.1 Å². The number of amides is 2. The molecule has 0 aliphatic carbocycles. The van der Waals surface area contributed by atoms with Gasteiger partial charge in [-0.3, -0.25) is 14.5 Å². The Bertz CT molecular complexity index is 1350. The van der Waals surface area contributed by atoms with Crippen LogP contribution in [0.3, 0.4) is 0 Å². The second-order valence-corrected chi connectivity index (χ2v) is 10.2. The second-order valence-electron chi connectivity index (χ2n) is 8.10. The fourth-order valence-electron chi connectivity index (χ4n) is 3.44. The van der Waals surface area contributed by atoms with Crippen molar-refractivity contribution in [2.45, 2.75) is 20.8 Å². The normalized spacial score (nSPS) is 14.5. The third-order valence-electron chi connectivity index (χ3n) is 5.63. The Kier molecular flexibility index (Phi) is 7.60. The maximum absolute atomic E-state index is 13.0. The van der Waals surface area contributed by atoms with Gasteiger partial charge in [0, 0.05) is 10.7 Å². The molecule has 0 radical (unpaired) electrons. The maximum Gasteiger partial charge on any atom is 0.270 e. The van der Waals surface area contributed by atoms with E-state index in [-0.39, 0.29) is 18.4 Å². The van der Waals surface area contributed by atoms with Crippen molar-refractivity contribution in [1.82, 2.24) is 0 Å². The number of ether oxygens (including phenoxy) is 1. The second kappa shape index (κ2) is 10.6. The lowest BCUT2D eigenvalue weighted by molar-refractivity contribution is -0.118. The molecule has 0 aromatic heterocycles. The predicted octanol–water partition coefficient (Wildman–Crippen LogP) is 6.69. The molecular weight excluding hydrogens is 500 g/mol. The van der Waals surface area contributed by atoms with Gasteiger partial charge in [-0.2, -0.15) is 0 Å². The molecule has 8 heteroatoms. The van der Waals surface area contributed by atoms with Crippen molar-refractivity contribution in [3.8, 4) is 5.75 Å². The van der Waals surface area contributed by atoms with Gasteiger partial charge in [0.15, 0.2) is 10.9 Å². The van der Waals surface area contributed by atoms with Crippen LogP contribution in [0, 0.1) is 20.8 Å². The van der Waals surface area contributed by atoms with Crippen molar-refractivity contribution >= 4 is 69.2 Å². The Hall–Kier alpha value is -3.13. The number of hydrogen-bond donors (Lipinski definition) is 1. The van der Waals surface area contributed by atoms with Crippen LogP contribution in [0.5, 0.6) is 5.75 Å². The molecule has 0 unspecified atom stereocenters. The third kappa shape index (κ3) is 5.75. The largest absolute Gasteiger partial charge is 0.484 e. The maximum atomic E-state index is 13.0. The van der Waals surface area contributed by atoms with Crippen LogP contribution < -0.4 is 15.0 Å². The molecule has 1 aliphatic heterocycles. The van der Waals surface area contributed by atoms with Crippen LogP contribution in [0.2, 0.25) is 5.02 Å². The third-order valence-corrected chi connectivity index (χ3v) is 7.34. The van der Waals surface area contributed by atoms with Gasteiger partial charge in [0.2, 0.25) is 0 Å². The van der Waals surface area contributed by atoms with Crippen LogP contribution in [0.15, 0.2) is 65.6 Å². The number of anilines is 2. The van der Waals surface area contributed by atoms with E-state index in [1.54, 1.807) is 41.3 Å². The SMILES string of the molecule is Cc1ccc(N2C(=O)/C(=C/c3ccc(OCC(=O)Nc4cccc(Cl)c4C)cc3)SC2=S)cc1C. The zero-order valence-electron chi connectivity index (χ0n) is 19.4. The molecule has 0 spiro atoms. The van der Waals surface area contributed by atoms with Gasteiger partial charge in [-0.15, -0.1) is 0 Å². The highest BCUT2D eigenvalue weighted by atomic mass is 35.5. The molecule has 1 fully saturated rings. The summed E-state index contributed by atoms with van der Waals surface area (Å²) in [6, 6.07) is 18.4. The van der Waals surface area contributed by atoms with E-state index in [1.807, 2.05) is 51.1 Å². The quantitative estimate of drug-likeness (QED) is 0.289. The van der Waals surface area contributed by atoms with Crippen LogP contribution >= 0.6 is 35.6 Å². The summed E-state index contributed by atoms with van der Waals surface area (Å²) in [7, 11) is 0. The number of nitrogens with zero attached hydrogens (tertiary/aromatic N) is 1. The van der Waals surface area contributed by atoms with Crippen molar-refractivity contribution < 1.29 is 14.3 Å². The zero-order valence-corrected chi connectivity index (χ0v) is 21.8. The van der Waals surface area contributed by atoms with Gasteiger partial charge in [-0.25, -0.2) is 0 Å². The minimum Gasteiger partial charge on any atom is -0.484 e. The molecule has 1 N–H and O–H groups in total. The smallest absolute Gasteiger partial charge is 0.270 e. The van der Waals surface area contributed by atoms with Crippen molar-refractivity contribution in [3.05, 3.63) is 92.8 Å². The summed E-state index contributed by atoms with van der Waals surface area (Å²) in [6.07, 6.45) is 1.80. The number of aryl methyl sites for hydroxylation is 2. The van der Waals surface area contributed by atoms with E-state index in [2.05, 4.69) is 5.32 Å². The lowest BCUT2D eigenvalue weighted by Gasteiger charge is -2.15. The van der Waals surface area contributed by atoms with E-state index in [0.717, 1.165) is 27.9 Å². The van der Waals surface area contributed by atoms with Crippen LogP contribution in [0.25, 0.3) is 6.08 Å². The number of thioether (sulfide) groups is 1. The first-order valence-corrected chi connectivity index (χ1v) is 12.5. The van der Waals surface area contributed by atoms with E-state index in [9.17, 15) is 9.59 Å². The molecule has 178 valence electrons. The van der Waals surface area contributed by atoms with Gasteiger partial charge in [0.1, 0.15) is 5.75 Å². The van der Waals surface area contributed by atoms with Crippen molar-refractivity contribution in [1.29, 1.82) is 0 Å². The highest BCUT2D eigenvalue weighted by Crippen LogP contribution is 2.36. The first-order valence-electron chi connectivity index (χ1n) is 10.9. The number of hydrogen-bond acceptors (Lipinski definition) is 5. The van der Waals surface area contributed by atoms with Gasteiger partial charge >= 0.3 is 0 Å². The van der Waals surface area contributed by atoms with Crippen LogP contribution in [-0.4, -0.2) is 22.7 Å². The summed E-state index contributed by atoms with van der Waals surface area (Å²) in [5.74, 6) is 0.119. The molecule has 1 aliphatic rings. The molecule has 35 heavy (non-hydrogen) atoms. The van der Waals surface area contributed by atoms with Gasteiger partial charge in [-0.1, -0.05) is 59.8 Å². The highest BCUT2D eigenvalue weighted by molar-refractivity contribution is 8.27. The number of benzene rings is 3. The van der Waals surface area contributed by atoms with Crippen LogP contribution in [0.1, 0.15) is 22.3 Å². The summed E-state index contributed by atoms with van der Waals surface area (Å²) >= 11 is 12.8. The summed E-state index contributed by atoms with van der Waals surface area (Å²) in [5.41, 5.74) is 5.32. The van der Waals surface area contributed by atoms with Gasteiger partial charge in [0.05, 0.1) is 10.6 Å². The van der Waals surface area contributed by atoms with Crippen molar-refractivity contribution in [3.63, 3.8) is 0 Å². The molecule has 3 aromatic rings. The molecule has 1 saturated heterocycles. The molecular formula is C27H23ClN2O3S2. The van der Waals surface area contributed by atoms with E-state index in [4.69, 9.17) is 28.6 Å². The molecule has 2 amide bonds. The average Bonchev–Trinajstić information content (AvgIpc) is 3.11. The van der Waals surface area contributed by atoms with E-state index >= 15 is 0 Å². The highest BCUT2D eigenvalue weighted by Gasteiger charge is 2.33. The van der Waals surface area contributed by atoms with E-state index in [1.165, 1.54) is 11.8 Å². The summed E-state index contributed by atoms with van der Waals surface area (Å²) in [4.78, 5) is 27.4. The fraction of sp³-hybridized carbons (Fsp3) is 0.148. The van der Waals surface area contributed by atoms with E-state index in [0.29, 0.717) is 25.7 Å². The monoisotopic (exact) mass is 522 g/mol. The molecule has 4 rings (SSSR count). The predicted molar refractivity (Wildman–Crippen MR) is 148 cm³/mol. The standard InChI is InChI=1S/C27H23ClN2O3S2/c1-16-7-10-20(13-17(16)2)30-26(32)24(35-27(30)34)14-19-8-11-21(12-9-19)33-15-25(31)29-23-6-4-5-22(28)18(23)3/h4-14H,15H2,1-3H3,(H,29,31)/b24-14-. The molecule has 0 atom stereocenters. The molecule has 0 bridgehead atoms. The molecule has 0 saturated carbocycles. The van der Waals surface area contributed by atoms with Crippen LogP contribution in [-0.2, 0) is 9.59 Å². The number of thiocarbonyl (C=S) groups is 1. The first-order chi connectivity index (χ1) is 16.7. The number of carbonyl (C=O) groups is 2. The Morgan fingerprint density at radius 2 is 1.83 bits per heavy atom. The lowest BCUT2D eigenvalue weighted by Crippen LogP contribution is -2.27. The number of halogens is 1. The summed E-state index contributed by atoms with van der Waals surface area (Å²) < 4.78 is 6.11. The van der Waals surface area contributed by atoms with E-state index < -0.39 is 0 Å². The average molecular weight is 523 g/mol. The van der Waals surface area contributed by atoms with Gasteiger partial charge in [0.25, 0.3) is 11.8 Å². The lowest BCUT2D eigenvalue weighted by atomic mass is 10.1. The number of rotatable bonds is 6. The number of carbonyl (C=O) groups excluding carboxylic acids is 2.